The molecule has 0 fully saturated rings. The summed E-state index contributed by atoms with van der Waals surface area (Å²) in [5.74, 6) is -2.86. The summed E-state index contributed by atoms with van der Waals surface area (Å²) in [6.07, 6.45) is -2.08. The first-order valence-electron chi connectivity index (χ1n) is 4.40. The van der Waals surface area contributed by atoms with Crippen LogP contribution in [0, 0.1) is 0 Å². The molecule has 0 aliphatic rings. The Balaban J connectivity index is -0.0000000980. The molecule has 0 aliphatic heterocycles. The molecule has 10 heteroatoms. The molecule has 0 unspecified atom stereocenters. The van der Waals surface area contributed by atoms with Gasteiger partial charge in [0, 0.05) is 0 Å². The Morgan fingerprint density at radius 3 is 1.06 bits per heavy atom. The molecule has 0 radical (unpaired) electrons. The van der Waals surface area contributed by atoms with E-state index < -0.39 is 36.2 Å². The van der Waals surface area contributed by atoms with Crippen molar-refractivity contribution < 1.29 is 89.1 Å². The van der Waals surface area contributed by atoms with E-state index in [1.165, 1.54) is 13.8 Å². The summed E-state index contributed by atoms with van der Waals surface area (Å²) in [6, 6.07) is -2.54. The summed E-state index contributed by atoms with van der Waals surface area (Å²) >= 11 is 0. The Labute approximate surface area is 149 Å². The largest absolute Gasteiger partial charge is 1.00 e. The molecule has 8 nitrogen and oxygen atoms in total. The fourth-order valence-corrected chi connectivity index (χ4v) is 0.394. The number of carboxylic acids is 2. The zero-order chi connectivity index (χ0) is 13.5. The van der Waals surface area contributed by atoms with Gasteiger partial charge in [0.25, 0.3) is 0 Å². The van der Waals surface area contributed by atoms with Crippen LogP contribution in [0.15, 0.2) is 0 Å². The first-order valence-corrected chi connectivity index (χ1v) is 4.40. The second-order valence-corrected chi connectivity index (χ2v) is 3.17. The topological polar surface area (TPSA) is 173 Å². The summed E-state index contributed by atoms with van der Waals surface area (Å²) in [7, 11) is 0. The van der Waals surface area contributed by atoms with Gasteiger partial charge in [-0.15, -0.1) is 0 Å². The predicted octanol–water partition coefficient (Wildman–Crippen LogP) is -11.1. The maximum Gasteiger partial charge on any atom is 1.00 e. The van der Waals surface area contributed by atoms with Gasteiger partial charge in [-0.3, -0.25) is 0 Å². The fraction of sp³-hybridized carbons (Fsp3) is 0.750. The van der Waals surface area contributed by atoms with Gasteiger partial charge in [0.2, 0.25) is 0 Å². The van der Waals surface area contributed by atoms with Crippen LogP contribution in [-0.4, -0.2) is 46.4 Å². The molecule has 0 saturated heterocycles. The average molecular weight is 282 g/mol. The second kappa shape index (κ2) is 14.2. The van der Waals surface area contributed by atoms with E-state index in [1.54, 1.807) is 0 Å². The van der Waals surface area contributed by atoms with Crippen LogP contribution < -0.4 is 80.8 Å². The summed E-state index contributed by atoms with van der Waals surface area (Å²) in [5, 5.41) is 36.4. The maximum atomic E-state index is 9.74. The standard InChI is InChI=1S/2C4H9NO3.2Na/c2*1-2(6)3(5)4(7)8;;/h2*2-3,6H,5H2,1H3,(H,7,8);;/q;;2*+1/p-2/t2*2-,3+;;/m11../s1. The molecule has 0 amide bonds. The number of aliphatic hydroxyl groups excluding tert-OH is 2. The predicted molar refractivity (Wildman–Crippen MR) is 49.3 cm³/mol. The molecule has 0 bridgehead atoms. The smallest absolute Gasteiger partial charge is 0.548 e. The molecular weight excluding hydrogens is 266 g/mol. The molecule has 0 rings (SSSR count). The van der Waals surface area contributed by atoms with E-state index in [1.807, 2.05) is 0 Å². The van der Waals surface area contributed by atoms with Crippen LogP contribution in [-0.2, 0) is 9.59 Å². The molecule has 6 N–H and O–H groups in total. The molecule has 0 spiro atoms. The summed E-state index contributed by atoms with van der Waals surface area (Å²) < 4.78 is 0. The van der Waals surface area contributed by atoms with Crippen molar-refractivity contribution >= 4 is 11.9 Å². The van der Waals surface area contributed by atoms with E-state index >= 15 is 0 Å². The van der Waals surface area contributed by atoms with Gasteiger partial charge in [-0.25, -0.2) is 0 Å². The molecule has 0 aromatic carbocycles. The number of aliphatic carboxylic acids is 2. The van der Waals surface area contributed by atoms with Crippen molar-refractivity contribution in [3.63, 3.8) is 0 Å². The van der Waals surface area contributed by atoms with Crippen LogP contribution in [0.3, 0.4) is 0 Å². The Bertz CT molecular complexity index is 216. The van der Waals surface area contributed by atoms with Crippen LogP contribution in [0.25, 0.3) is 0 Å². The minimum atomic E-state index is -1.43. The number of hydrogen-bond donors (Lipinski definition) is 4. The summed E-state index contributed by atoms with van der Waals surface area (Å²) in [4.78, 5) is 19.5. The first kappa shape index (κ1) is 27.2. The van der Waals surface area contributed by atoms with Crippen molar-refractivity contribution in [3.8, 4) is 0 Å². The number of hydrogen-bond acceptors (Lipinski definition) is 8. The maximum absolute atomic E-state index is 9.74. The molecular formula is C8H16N2Na2O6. The quantitative estimate of drug-likeness (QED) is 0.368. The fourth-order valence-electron chi connectivity index (χ4n) is 0.394. The van der Waals surface area contributed by atoms with E-state index in [-0.39, 0.29) is 59.1 Å². The number of rotatable bonds is 4. The van der Waals surface area contributed by atoms with Gasteiger partial charge in [0.05, 0.1) is 36.2 Å². The van der Waals surface area contributed by atoms with Gasteiger partial charge in [0.1, 0.15) is 0 Å². The molecule has 96 valence electrons. The van der Waals surface area contributed by atoms with Gasteiger partial charge in [0.15, 0.2) is 0 Å². The molecule has 0 aromatic rings. The van der Waals surface area contributed by atoms with Crippen molar-refractivity contribution in [3.05, 3.63) is 0 Å². The van der Waals surface area contributed by atoms with Gasteiger partial charge >= 0.3 is 59.1 Å². The van der Waals surface area contributed by atoms with Gasteiger partial charge < -0.3 is 41.5 Å². The van der Waals surface area contributed by atoms with Gasteiger partial charge in [-0.1, -0.05) is 0 Å². The third-order valence-corrected chi connectivity index (χ3v) is 1.58. The molecule has 0 saturated carbocycles. The number of carbonyl (C=O) groups excluding carboxylic acids is 2. The number of nitrogens with two attached hydrogens (primary N) is 2. The van der Waals surface area contributed by atoms with E-state index in [0.717, 1.165) is 0 Å². The normalized spacial score (nSPS) is 15.4. The van der Waals surface area contributed by atoms with Crippen molar-refractivity contribution in [2.75, 3.05) is 0 Å². The third kappa shape index (κ3) is 14.8. The molecule has 0 aromatic heterocycles. The first-order chi connectivity index (χ1) is 7.11. The van der Waals surface area contributed by atoms with Crippen LogP contribution in [0.1, 0.15) is 13.8 Å². The molecule has 0 heterocycles. The van der Waals surface area contributed by atoms with Gasteiger partial charge in [-0.2, -0.15) is 0 Å². The van der Waals surface area contributed by atoms with Crippen LogP contribution in [0.2, 0.25) is 0 Å². The zero-order valence-electron chi connectivity index (χ0n) is 11.0. The summed E-state index contributed by atoms with van der Waals surface area (Å²) in [5.41, 5.74) is 9.69. The Hall–Kier alpha value is 0.780. The van der Waals surface area contributed by atoms with E-state index in [2.05, 4.69) is 0 Å². The Kier molecular flexibility index (Phi) is 21.4. The molecule has 4 atom stereocenters. The Morgan fingerprint density at radius 2 is 1.06 bits per heavy atom. The number of carboxylic acid groups (broad SMARTS) is 2. The van der Waals surface area contributed by atoms with E-state index in [9.17, 15) is 19.8 Å². The molecule has 18 heavy (non-hydrogen) atoms. The second-order valence-electron chi connectivity index (χ2n) is 3.17. The minimum absolute atomic E-state index is 0. The third-order valence-electron chi connectivity index (χ3n) is 1.58. The molecule has 0 aliphatic carbocycles. The summed E-state index contributed by atoms with van der Waals surface area (Å²) in [6.45, 7) is 2.58. The SMILES string of the molecule is C[C@@H](O)[C@H](N)C(=O)[O-].C[C@@H](O)[C@H](N)C(=O)[O-].[Na+].[Na+]. The zero-order valence-corrected chi connectivity index (χ0v) is 15.0. The number of carbonyl (C=O) groups is 2. The minimum Gasteiger partial charge on any atom is -0.548 e. The Morgan fingerprint density at radius 1 is 0.889 bits per heavy atom. The monoisotopic (exact) mass is 282 g/mol. The van der Waals surface area contributed by atoms with Crippen molar-refractivity contribution in [2.24, 2.45) is 11.5 Å². The van der Waals surface area contributed by atoms with Crippen molar-refractivity contribution in [1.82, 2.24) is 0 Å². The van der Waals surface area contributed by atoms with E-state index in [4.69, 9.17) is 21.7 Å². The average Bonchev–Trinajstić information content (AvgIpc) is 2.15. The van der Waals surface area contributed by atoms with Crippen LogP contribution >= 0.6 is 0 Å². The van der Waals surface area contributed by atoms with Crippen LogP contribution in [0.5, 0.6) is 0 Å². The van der Waals surface area contributed by atoms with Crippen molar-refractivity contribution in [1.29, 1.82) is 0 Å². The van der Waals surface area contributed by atoms with Gasteiger partial charge in [-0.05, 0) is 13.8 Å². The van der Waals surface area contributed by atoms with E-state index in [0.29, 0.717) is 0 Å². The van der Waals surface area contributed by atoms with Crippen molar-refractivity contribution in [2.45, 2.75) is 38.1 Å². The van der Waals surface area contributed by atoms with Crippen LogP contribution in [0.4, 0.5) is 0 Å². The number of aliphatic hydroxyl groups is 2.